The summed E-state index contributed by atoms with van der Waals surface area (Å²) >= 11 is 0. The van der Waals surface area contributed by atoms with Crippen LogP contribution in [0.5, 0.6) is 17.2 Å². The second-order valence-corrected chi connectivity index (χ2v) is 5.28. The molecular weight excluding hydrogens is 252 g/mol. The molecule has 2 rings (SSSR count). The number of rotatable bonds is 5. The van der Waals surface area contributed by atoms with Crippen LogP contribution in [0, 0.1) is 0 Å². The molecule has 0 heterocycles. The van der Waals surface area contributed by atoms with E-state index in [0.717, 1.165) is 17.2 Å². The fourth-order valence-electron chi connectivity index (χ4n) is 2.56. The second kappa shape index (κ2) is 7.22. The molecule has 0 amide bonds. The summed E-state index contributed by atoms with van der Waals surface area (Å²) in [5, 5.41) is 0. The van der Waals surface area contributed by atoms with E-state index in [0.29, 0.717) is 6.61 Å². The highest BCUT2D eigenvalue weighted by Crippen LogP contribution is 2.29. The Labute approximate surface area is 121 Å². The number of methoxy groups -OCH3 is 2. The first-order valence-corrected chi connectivity index (χ1v) is 7.26. The van der Waals surface area contributed by atoms with Gasteiger partial charge in [0.1, 0.15) is 23.9 Å². The van der Waals surface area contributed by atoms with Gasteiger partial charge in [-0.2, -0.15) is 0 Å². The van der Waals surface area contributed by atoms with Gasteiger partial charge in [0.15, 0.2) is 0 Å². The highest BCUT2D eigenvalue weighted by Gasteiger charge is 2.09. The summed E-state index contributed by atoms with van der Waals surface area (Å²) in [6, 6.07) is 5.63. The molecule has 0 aromatic heterocycles. The molecule has 20 heavy (non-hydrogen) atoms. The molecule has 110 valence electrons. The molecule has 1 saturated carbocycles. The van der Waals surface area contributed by atoms with Crippen molar-refractivity contribution in [2.45, 2.75) is 39.0 Å². The van der Waals surface area contributed by atoms with Crippen LogP contribution in [0.4, 0.5) is 0 Å². The van der Waals surface area contributed by atoms with Crippen molar-refractivity contribution < 1.29 is 14.2 Å². The van der Waals surface area contributed by atoms with Crippen LogP contribution in [0.15, 0.2) is 29.3 Å². The third-order valence-electron chi connectivity index (χ3n) is 3.84. The summed E-state index contributed by atoms with van der Waals surface area (Å²) in [5.74, 6) is 2.29. The van der Waals surface area contributed by atoms with Crippen molar-refractivity contribution in [1.29, 1.82) is 0 Å². The molecule has 1 aromatic rings. The van der Waals surface area contributed by atoms with Crippen molar-refractivity contribution in [3.63, 3.8) is 0 Å². The fraction of sp³-hybridized carbons (Fsp3) is 0.529. The van der Waals surface area contributed by atoms with Crippen molar-refractivity contribution in [3.8, 4) is 17.2 Å². The van der Waals surface area contributed by atoms with Gasteiger partial charge in [-0.05, 0) is 38.2 Å². The van der Waals surface area contributed by atoms with Crippen LogP contribution in [0.3, 0.4) is 0 Å². The molecule has 1 aromatic carbocycles. The third kappa shape index (κ3) is 3.92. The predicted molar refractivity (Wildman–Crippen MR) is 80.8 cm³/mol. The van der Waals surface area contributed by atoms with E-state index in [1.807, 2.05) is 18.2 Å². The van der Waals surface area contributed by atoms with Gasteiger partial charge in [-0.3, -0.25) is 0 Å². The Hall–Kier alpha value is -1.64. The van der Waals surface area contributed by atoms with E-state index in [1.165, 1.54) is 37.7 Å². The Morgan fingerprint density at radius 3 is 2.00 bits per heavy atom. The van der Waals surface area contributed by atoms with Gasteiger partial charge in [0, 0.05) is 18.2 Å². The van der Waals surface area contributed by atoms with Gasteiger partial charge < -0.3 is 14.2 Å². The summed E-state index contributed by atoms with van der Waals surface area (Å²) in [5.41, 5.74) is 2.94. The first kappa shape index (κ1) is 14.8. The molecule has 0 atom stereocenters. The Morgan fingerprint density at radius 2 is 1.45 bits per heavy atom. The van der Waals surface area contributed by atoms with Gasteiger partial charge in [0.05, 0.1) is 14.2 Å². The van der Waals surface area contributed by atoms with Crippen molar-refractivity contribution in [2.24, 2.45) is 0 Å². The summed E-state index contributed by atoms with van der Waals surface area (Å²) < 4.78 is 16.4. The van der Waals surface area contributed by atoms with Gasteiger partial charge in [0.2, 0.25) is 0 Å². The van der Waals surface area contributed by atoms with Crippen LogP contribution in [0.2, 0.25) is 0 Å². The minimum absolute atomic E-state index is 0.644. The lowest BCUT2D eigenvalue weighted by atomic mass is 9.92. The summed E-state index contributed by atoms with van der Waals surface area (Å²) in [6.07, 6.45) is 6.47. The first-order chi connectivity index (χ1) is 9.72. The lowest BCUT2D eigenvalue weighted by molar-refractivity contribution is 0.338. The minimum atomic E-state index is 0.644. The van der Waals surface area contributed by atoms with E-state index >= 15 is 0 Å². The molecule has 0 aliphatic heterocycles. The van der Waals surface area contributed by atoms with E-state index in [4.69, 9.17) is 14.2 Å². The van der Waals surface area contributed by atoms with Crippen LogP contribution in [0.25, 0.3) is 0 Å². The molecule has 0 radical (unpaired) electrons. The molecule has 3 heteroatoms. The zero-order valence-electron chi connectivity index (χ0n) is 12.7. The summed E-state index contributed by atoms with van der Waals surface area (Å²) in [7, 11) is 3.29. The third-order valence-corrected chi connectivity index (χ3v) is 3.84. The Kier molecular flexibility index (Phi) is 5.33. The van der Waals surface area contributed by atoms with Gasteiger partial charge in [0.25, 0.3) is 0 Å². The minimum Gasteiger partial charge on any atom is -0.496 e. The van der Waals surface area contributed by atoms with E-state index in [2.05, 4.69) is 6.92 Å². The number of allylic oxidation sites excluding steroid dienone is 1. The zero-order chi connectivity index (χ0) is 14.4. The molecular formula is C17H24O3. The van der Waals surface area contributed by atoms with Crippen LogP contribution in [-0.2, 0) is 0 Å². The average molecular weight is 276 g/mol. The topological polar surface area (TPSA) is 27.7 Å². The van der Waals surface area contributed by atoms with Crippen molar-refractivity contribution in [1.82, 2.24) is 0 Å². The van der Waals surface area contributed by atoms with Gasteiger partial charge in [-0.1, -0.05) is 12.0 Å². The molecule has 1 aliphatic carbocycles. The van der Waals surface area contributed by atoms with Crippen molar-refractivity contribution in [2.75, 3.05) is 20.8 Å². The molecule has 0 N–H and O–H groups in total. The average Bonchev–Trinajstić information content (AvgIpc) is 2.53. The Balaban J connectivity index is 2.02. The van der Waals surface area contributed by atoms with E-state index in [9.17, 15) is 0 Å². The Morgan fingerprint density at radius 1 is 0.900 bits per heavy atom. The highest BCUT2D eigenvalue weighted by molar-refractivity contribution is 5.42. The van der Waals surface area contributed by atoms with Crippen LogP contribution in [-0.4, -0.2) is 20.8 Å². The molecule has 0 saturated heterocycles. The SMILES string of the molecule is COc1cc(OC)cc(OCC(C)=C2CCCCC2)c1. The van der Waals surface area contributed by atoms with Crippen LogP contribution >= 0.6 is 0 Å². The van der Waals surface area contributed by atoms with E-state index < -0.39 is 0 Å². The number of hydrogen-bond donors (Lipinski definition) is 0. The predicted octanol–water partition coefficient (Wildman–Crippen LogP) is 4.36. The van der Waals surface area contributed by atoms with Gasteiger partial charge in [-0.15, -0.1) is 0 Å². The fourth-order valence-corrected chi connectivity index (χ4v) is 2.56. The second-order valence-electron chi connectivity index (χ2n) is 5.28. The summed E-state index contributed by atoms with van der Waals surface area (Å²) in [6.45, 7) is 2.82. The standard InChI is InChI=1S/C17H24O3/c1-13(14-7-5-4-6-8-14)12-20-17-10-15(18-2)9-16(11-17)19-3/h9-11H,4-8,12H2,1-3H3. The number of hydrogen-bond acceptors (Lipinski definition) is 3. The summed E-state index contributed by atoms with van der Waals surface area (Å²) in [4.78, 5) is 0. The Bertz CT molecular complexity index is 447. The van der Waals surface area contributed by atoms with Crippen LogP contribution in [0.1, 0.15) is 39.0 Å². The lowest BCUT2D eigenvalue weighted by Crippen LogP contribution is -2.05. The number of ether oxygens (including phenoxy) is 3. The molecule has 1 aliphatic rings. The maximum atomic E-state index is 5.89. The lowest BCUT2D eigenvalue weighted by Gasteiger charge is -2.18. The van der Waals surface area contributed by atoms with Gasteiger partial charge in [-0.25, -0.2) is 0 Å². The molecule has 0 spiro atoms. The van der Waals surface area contributed by atoms with Gasteiger partial charge >= 0.3 is 0 Å². The highest BCUT2D eigenvalue weighted by atomic mass is 16.5. The molecule has 3 nitrogen and oxygen atoms in total. The first-order valence-electron chi connectivity index (χ1n) is 7.26. The monoisotopic (exact) mass is 276 g/mol. The maximum Gasteiger partial charge on any atom is 0.127 e. The number of benzene rings is 1. The maximum absolute atomic E-state index is 5.89. The van der Waals surface area contributed by atoms with Crippen LogP contribution < -0.4 is 14.2 Å². The molecule has 0 bridgehead atoms. The van der Waals surface area contributed by atoms with Crippen molar-refractivity contribution >= 4 is 0 Å². The smallest absolute Gasteiger partial charge is 0.127 e. The van der Waals surface area contributed by atoms with Crippen molar-refractivity contribution in [3.05, 3.63) is 29.3 Å². The largest absolute Gasteiger partial charge is 0.496 e. The quantitative estimate of drug-likeness (QED) is 0.748. The van der Waals surface area contributed by atoms with E-state index in [-0.39, 0.29) is 0 Å². The molecule has 0 unspecified atom stereocenters. The zero-order valence-corrected chi connectivity index (χ0v) is 12.7. The molecule has 1 fully saturated rings. The normalized spacial score (nSPS) is 14.8. The van der Waals surface area contributed by atoms with E-state index in [1.54, 1.807) is 19.8 Å².